The third kappa shape index (κ3) is 3.42. The van der Waals surface area contributed by atoms with Crippen molar-refractivity contribution in [1.29, 1.82) is 0 Å². The number of methoxy groups -OCH3 is 1. The zero-order valence-electron chi connectivity index (χ0n) is 10.5. The number of halogens is 3. The normalized spacial score (nSPS) is 11.2. The number of carbonyl (C=O) groups excluding carboxylic acids is 2. The van der Waals surface area contributed by atoms with Gasteiger partial charge in [0.05, 0.1) is 12.8 Å². The molecule has 0 aliphatic rings. The van der Waals surface area contributed by atoms with Crippen molar-refractivity contribution < 1.29 is 27.5 Å². The highest BCUT2D eigenvalue weighted by Crippen LogP contribution is 2.36. The molecular weight excluding hydrogens is 327 g/mol. The van der Waals surface area contributed by atoms with E-state index in [4.69, 9.17) is 0 Å². The van der Waals surface area contributed by atoms with Crippen molar-refractivity contribution >= 4 is 40.2 Å². The van der Waals surface area contributed by atoms with E-state index < -0.39 is 18.1 Å². The number of rotatable bonds is 3. The third-order valence-corrected chi connectivity index (χ3v) is 4.26. The summed E-state index contributed by atoms with van der Waals surface area (Å²) < 4.78 is 41.4. The minimum absolute atomic E-state index is 0.0868. The molecule has 0 unspecified atom stereocenters. The molecule has 2 aromatic rings. The first-order valence-corrected chi connectivity index (χ1v) is 7.21. The molecular formula is C12H8F3NO3S2. The molecule has 0 saturated heterocycles. The first-order valence-electron chi connectivity index (χ1n) is 5.46. The van der Waals surface area contributed by atoms with E-state index in [2.05, 4.69) is 4.74 Å². The molecule has 0 saturated carbocycles. The van der Waals surface area contributed by atoms with Crippen molar-refractivity contribution in [2.45, 2.75) is 6.18 Å². The van der Waals surface area contributed by atoms with E-state index in [0.717, 1.165) is 24.0 Å². The lowest BCUT2D eigenvalue weighted by molar-refractivity contribution is -0.167. The van der Waals surface area contributed by atoms with E-state index in [0.29, 0.717) is 4.88 Å². The minimum Gasteiger partial charge on any atom is -0.465 e. The maximum absolute atomic E-state index is 12.3. The first kappa shape index (κ1) is 15.5. The lowest BCUT2D eigenvalue weighted by Crippen LogP contribution is -2.30. The molecule has 4 nitrogen and oxygen atoms in total. The second-order valence-corrected chi connectivity index (χ2v) is 5.64. The topological polar surface area (TPSA) is 55.4 Å². The van der Waals surface area contributed by atoms with Crippen LogP contribution in [0.1, 0.15) is 9.67 Å². The van der Waals surface area contributed by atoms with Crippen molar-refractivity contribution in [3.8, 4) is 10.4 Å². The van der Waals surface area contributed by atoms with Crippen molar-refractivity contribution in [2.75, 3.05) is 12.4 Å². The van der Waals surface area contributed by atoms with E-state index in [9.17, 15) is 22.8 Å². The molecule has 2 rings (SSSR count). The Labute approximate surface area is 125 Å². The molecule has 112 valence electrons. The molecule has 1 N–H and O–H groups in total. The van der Waals surface area contributed by atoms with Crippen molar-refractivity contribution in [1.82, 2.24) is 0 Å². The highest BCUT2D eigenvalue weighted by Gasteiger charge is 2.39. The monoisotopic (exact) mass is 335 g/mol. The number of anilines is 1. The molecule has 1 amide bonds. The Kier molecular flexibility index (Phi) is 4.33. The van der Waals surface area contributed by atoms with E-state index in [1.54, 1.807) is 22.1 Å². The van der Waals surface area contributed by atoms with Gasteiger partial charge >= 0.3 is 18.1 Å². The van der Waals surface area contributed by atoms with Crippen molar-refractivity contribution in [3.63, 3.8) is 0 Å². The largest absolute Gasteiger partial charge is 0.471 e. The Morgan fingerprint density at radius 2 is 2.05 bits per heavy atom. The molecule has 0 spiro atoms. The zero-order valence-corrected chi connectivity index (χ0v) is 12.1. The fourth-order valence-corrected chi connectivity index (χ4v) is 3.23. The summed E-state index contributed by atoms with van der Waals surface area (Å²) in [5.41, 5.74) is 0.540. The summed E-state index contributed by atoms with van der Waals surface area (Å²) in [5.74, 6) is -2.94. The number of carbonyl (C=O) groups is 2. The third-order valence-electron chi connectivity index (χ3n) is 2.41. The van der Waals surface area contributed by atoms with Crippen molar-refractivity contribution in [2.24, 2.45) is 0 Å². The van der Waals surface area contributed by atoms with Crippen LogP contribution in [0.4, 0.5) is 18.9 Å². The molecule has 2 heterocycles. The molecule has 0 aliphatic carbocycles. The van der Waals surface area contributed by atoms with Crippen LogP contribution in [0.3, 0.4) is 0 Å². The van der Waals surface area contributed by atoms with Gasteiger partial charge in [0.15, 0.2) is 0 Å². The minimum atomic E-state index is -5.03. The summed E-state index contributed by atoms with van der Waals surface area (Å²) in [6.07, 6.45) is -5.03. The van der Waals surface area contributed by atoms with Crippen LogP contribution < -0.4 is 5.32 Å². The van der Waals surface area contributed by atoms with Gasteiger partial charge in [-0.1, -0.05) is 0 Å². The summed E-state index contributed by atoms with van der Waals surface area (Å²) in [4.78, 5) is 23.1. The van der Waals surface area contributed by atoms with Crippen LogP contribution in [0.2, 0.25) is 0 Å². The molecule has 21 heavy (non-hydrogen) atoms. The van der Waals surface area contributed by atoms with E-state index in [-0.39, 0.29) is 10.6 Å². The SMILES string of the molecule is COC(=O)c1sc(-c2ccsc2)cc1NC(=O)C(F)(F)F. The van der Waals surface area contributed by atoms with Crippen LogP contribution in [0.5, 0.6) is 0 Å². The maximum Gasteiger partial charge on any atom is 0.471 e. The predicted molar refractivity (Wildman–Crippen MR) is 73.7 cm³/mol. The molecule has 0 fully saturated rings. The van der Waals surface area contributed by atoms with Crippen LogP contribution in [0, 0.1) is 0 Å². The number of nitrogens with one attached hydrogen (secondary N) is 1. The molecule has 0 aliphatic heterocycles. The quantitative estimate of drug-likeness (QED) is 0.869. The predicted octanol–water partition coefficient (Wildman–Crippen LogP) is 3.76. The van der Waals surface area contributed by atoms with Gasteiger partial charge in [-0.05, 0) is 22.9 Å². The number of hydrogen-bond donors (Lipinski definition) is 1. The van der Waals surface area contributed by atoms with E-state index in [1.807, 2.05) is 0 Å². The Morgan fingerprint density at radius 3 is 2.57 bits per heavy atom. The molecule has 0 bridgehead atoms. The van der Waals surface area contributed by atoms with Gasteiger partial charge < -0.3 is 10.1 Å². The zero-order chi connectivity index (χ0) is 15.6. The second kappa shape index (κ2) is 5.86. The molecule has 0 aromatic carbocycles. The Bertz CT molecular complexity index is 662. The van der Waals surface area contributed by atoms with Gasteiger partial charge in [0.1, 0.15) is 4.88 Å². The first-order chi connectivity index (χ1) is 9.82. The smallest absolute Gasteiger partial charge is 0.465 e. The lowest BCUT2D eigenvalue weighted by atomic mass is 10.2. The molecule has 9 heteroatoms. The Morgan fingerprint density at radius 1 is 1.33 bits per heavy atom. The Hall–Kier alpha value is -1.87. The number of amides is 1. The van der Waals surface area contributed by atoms with Crippen molar-refractivity contribution in [3.05, 3.63) is 27.8 Å². The fourth-order valence-electron chi connectivity index (χ4n) is 1.47. The molecule has 2 aromatic heterocycles. The van der Waals surface area contributed by atoms with Crippen LogP contribution in [0.25, 0.3) is 10.4 Å². The number of ether oxygens (including phenoxy) is 1. The van der Waals surface area contributed by atoms with E-state index in [1.165, 1.54) is 17.4 Å². The van der Waals surface area contributed by atoms with Gasteiger partial charge in [-0.15, -0.1) is 11.3 Å². The summed E-state index contributed by atoms with van der Waals surface area (Å²) in [6, 6.07) is 3.08. The Balaban J connectivity index is 2.39. The lowest BCUT2D eigenvalue weighted by Gasteiger charge is -2.07. The van der Waals surface area contributed by atoms with Crippen LogP contribution in [-0.2, 0) is 9.53 Å². The highest BCUT2D eigenvalue weighted by atomic mass is 32.1. The summed E-state index contributed by atoms with van der Waals surface area (Å²) in [6.45, 7) is 0. The maximum atomic E-state index is 12.3. The number of alkyl halides is 3. The number of thiophene rings is 2. The van der Waals surface area contributed by atoms with Gasteiger partial charge in [0, 0.05) is 10.4 Å². The number of hydrogen-bond acceptors (Lipinski definition) is 5. The summed E-state index contributed by atoms with van der Waals surface area (Å²) in [7, 11) is 1.11. The van der Waals surface area contributed by atoms with E-state index >= 15 is 0 Å². The highest BCUT2D eigenvalue weighted by molar-refractivity contribution is 7.18. The van der Waals surface area contributed by atoms with Crippen LogP contribution in [0.15, 0.2) is 22.9 Å². The fraction of sp³-hybridized carbons (Fsp3) is 0.167. The van der Waals surface area contributed by atoms with Gasteiger partial charge in [-0.3, -0.25) is 4.79 Å². The average Bonchev–Trinajstić information content (AvgIpc) is 3.05. The molecule has 0 radical (unpaired) electrons. The second-order valence-electron chi connectivity index (χ2n) is 3.81. The average molecular weight is 335 g/mol. The van der Waals surface area contributed by atoms with Gasteiger partial charge in [-0.2, -0.15) is 24.5 Å². The number of esters is 1. The van der Waals surface area contributed by atoms with Crippen LogP contribution >= 0.6 is 22.7 Å². The summed E-state index contributed by atoms with van der Waals surface area (Å²) in [5, 5.41) is 5.27. The van der Waals surface area contributed by atoms with Gasteiger partial charge in [-0.25, -0.2) is 4.79 Å². The molecule has 0 atom stereocenters. The standard InChI is InChI=1S/C12H8F3NO3S2/c1-19-10(17)9-7(16-11(18)12(13,14)15)4-8(21-9)6-2-3-20-5-6/h2-5H,1H3,(H,16,18). The van der Waals surface area contributed by atoms with Gasteiger partial charge in [0.2, 0.25) is 0 Å². The summed E-state index contributed by atoms with van der Waals surface area (Å²) >= 11 is 2.36. The van der Waals surface area contributed by atoms with Gasteiger partial charge in [0.25, 0.3) is 0 Å². The van der Waals surface area contributed by atoms with Crippen LogP contribution in [-0.4, -0.2) is 25.2 Å².